The van der Waals surface area contributed by atoms with E-state index in [4.69, 9.17) is 15.3 Å². The second-order valence-electron chi connectivity index (χ2n) is 11.6. The van der Waals surface area contributed by atoms with Gasteiger partial charge in [0.25, 0.3) is 11.8 Å². The summed E-state index contributed by atoms with van der Waals surface area (Å²) in [6, 6.07) is -0.198. The summed E-state index contributed by atoms with van der Waals surface area (Å²) >= 11 is 3.87. The van der Waals surface area contributed by atoms with E-state index < -0.39 is 63.5 Å². The van der Waals surface area contributed by atoms with Crippen LogP contribution in [0, 0.1) is 11.6 Å². The van der Waals surface area contributed by atoms with Gasteiger partial charge in [-0.25, -0.2) is 18.6 Å². The third kappa shape index (κ3) is 7.93. The molecule has 0 aliphatic carbocycles. The number of hydrogen-bond donors (Lipinski definition) is 2. The predicted octanol–water partition coefficient (Wildman–Crippen LogP) is -1.94. The number of aromatic nitrogens is 1. The van der Waals surface area contributed by atoms with Gasteiger partial charge in [-0.05, 0) is 25.6 Å². The number of carbonyl (C=O) groups excluding carboxylic acids is 4. The standard InChI is InChI=1S/C31H31F2N7O8S4.Na/c1-4-48-29(46)17-23(41)14-9-15(32)22(39-7-5-38(2)6-8-39)18(33)24(14)52-30(17)50-11-13-10-49-27-20(26(43)40(27)21(13)28(44)45)36-25(42)19(37-47-3)16-12-51-31(34)35-16;/h9,12,20,27H,4-8,10-11H2,1-3H3,(H2,34,35)(H,36,42)(H,44,45);/q;+1/p-1/b37-19-;/t20-,27+;/m1./s1. The number of esters is 1. The number of anilines is 2. The number of carboxylic acid groups (broad SMARTS) is 1. The Morgan fingerprint density at radius 2 is 1.92 bits per heavy atom. The molecule has 2 atom stereocenters. The van der Waals surface area contributed by atoms with E-state index >= 15 is 8.78 Å². The molecule has 2 saturated heterocycles. The molecule has 276 valence electrons. The first-order valence-corrected chi connectivity index (χ1v) is 19.3. The van der Waals surface area contributed by atoms with Gasteiger partial charge in [-0.15, -0.1) is 46.2 Å². The number of thioether (sulfide) groups is 2. The maximum atomic E-state index is 16.1. The van der Waals surface area contributed by atoms with E-state index in [2.05, 4.69) is 15.5 Å². The zero-order chi connectivity index (χ0) is 37.4. The number of halogens is 2. The molecule has 0 unspecified atom stereocenters. The molecule has 3 N–H and O–H groups in total. The van der Waals surface area contributed by atoms with Crippen LogP contribution in [0.25, 0.3) is 10.1 Å². The number of hydrogen-bond acceptors (Lipinski definition) is 17. The summed E-state index contributed by atoms with van der Waals surface area (Å²) in [6.45, 7) is 3.31. The molecule has 15 nitrogen and oxygen atoms in total. The number of carbonyl (C=O) groups is 4. The van der Waals surface area contributed by atoms with Crippen LogP contribution in [0.4, 0.5) is 19.6 Å². The molecule has 2 fully saturated rings. The van der Waals surface area contributed by atoms with Gasteiger partial charge in [0.2, 0.25) is 5.43 Å². The zero-order valence-corrected chi connectivity index (χ0v) is 34.0. The average Bonchev–Trinajstić information content (AvgIpc) is 3.54. The smallest absolute Gasteiger partial charge is 0.543 e. The summed E-state index contributed by atoms with van der Waals surface area (Å²) in [5.74, 6) is -6.16. The van der Waals surface area contributed by atoms with Gasteiger partial charge in [0.05, 0.1) is 27.2 Å². The molecule has 1 aromatic carbocycles. The summed E-state index contributed by atoms with van der Waals surface area (Å²) in [6.07, 6.45) is 0. The number of nitrogens with zero attached hydrogens (tertiary/aromatic N) is 5. The number of rotatable bonds is 11. The van der Waals surface area contributed by atoms with Crippen LogP contribution in [0.2, 0.25) is 0 Å². The maximum absolute atomic E-state index is 16.1. The Morgan fingerprint density at radius 3 is 2.55 bits per heavy atom. The van der Waals surface area contributed by atoms with Crippen molar-refractivity contribution in [3.05, 3.63) is 55.8 Å². The number of nitrogens with one attached hydrogen (secondary N) is 1. The van der Waals surface area contributed by atoms with Gasteiger partial charge >= 0.3 is 35.5 Å². The van der Waals surface area contributed by atoms with E-state index in [1.54, 1.807) is 4.90 Å². The fraction of sp³-hybridized carbons (Fsp3) is 0.387. The number of fused-ring (bicyclic) bond motifs is 2. The Bertz CT molecular complexity index is 2110. The molecule has 0 spiro atoms. The molecule has 6 rings (SSSR count). The van der Waals surface area contributed by atoms with Crippen molar-refractivity contribution in [1.82, 2.24) is 20.1 Å². The first-order chi connectivity index (χ1) is 24.9. The number of nitrogens with two attached hydrogens (primary N) is 1. The number of thiazole rings is 1. The molecule has 22 heteroatoms. The Morgan fingerprint density at radius 1 is 1.21 bits per heavy atom. The monoisotopic (exact) mass is 817 g/mol. The van der Waals surface area contributed by atoms with Crippen molar-refractivity contribution in [2.75, 3.05) is 69.1 Å². The van der Waals surface area contributed by atoms with E-state index in [1.165, 1.54) is 31.2 Å². The summed E-state index contributed by atoms with van der Waals surface area (Å²) in [5.41, 5.74) is 3.70. The maximum Gasteiger partial charge on any atom is 1.00 e. The molecule has 2 amide bonds. The fourth-order valence-corrected chi connectivity index (χ4v) is 10.3. The molecule has 0 saturated carbocycles. The van der Waals surface area contributed by atoms with E-state index in [1.807, 2.05) is 11.9 Å². The number of oxime groups is 1. The summed E-state index contributed by atoms with van der Waals surface area (Å²) in [5, 5.41) is 19.2. The predicted molar refractivity (Wildman–Crippen MR) is 192 cm³/mol. The largest absolute Gasteiger partial charge is 1.00 e. The van der Waals surface area contributed by atoms with Gasteiger partial charge in [0, 0.05) is 48.5 Å². The van der Waals surface area contributed by atoms with Gasteiger partial charge in [-0.1, -0.05) is 5.16 Å². The minimum absolute atomic E-state index is 0. The van der Waals surface area contributed by atoms with Gasteiger partial charge in [0.15, 0.2) is 16.7 Å². The van der Waals surface area contributed by atoms with Crippen LogP contribution in [0.1, 0.15) is 23.0 Å². The summed E-state index contributed by atoms with van der Waals surface area (Å²) < 4.78 is 36.5. The van der Waals surface area contributed by atoms with Crippen LogP contribution < -0.4 is 56.0 Å². The number of carboxylic acids is 1. The molecule has 0 radical (unpaired) electrons. The topological polar surface area (TPSA) is 200 Å². The Balaban J connectivity index is 0.00000541. The summed E-state index contributed by atoms with van der Waals surface area (Å²) in [4.78, 5) is 79.0. The average molecular weight is 818 g/mol. The van der Waals surface area contributed by atoms with Crippen molar-refractivity contribution in [3.63, 3.8) is 0 Å². The molecule has 5 heterocycles. The Labute approximate surface area is 339 Å². The second-order valence-corrected chi connectivity index (χ2v) is 15.8. The van der Waals surface area contributed by atoms with Gasteiger partial charge in [-0.3, -0.25) is 19.3 Å². The minimum atomic E-state index is -1.66. The van der Waals surface area contributed by atoms with Gasteiger partial charge in [0.1, 0.15) is 41.3 Å². The van der Waals surface area contributed by atoms with Crippen molar-refractivity contribution in [3.8, 4) is 0 Å². The fourth-order valence-electron chi connectivity index (χ4n) is 5.87. The van der Waals surface area contributed by atoms with Gasteiger partial charge in [-0.2, -0.15) is 0 Å². The molecule has 53 heavy (non-hydrogen) atoms. The van der Waals surface area contributed by atoms with Crippen molar-refractivity contribution in [1.29, 1.82) is 0 Å². The molecule has 3 aromatic rings. The number of nitrogen functional groups attached to an aromatic ring is 1. The van der Waals surface area contributed by atoms with Crippen molar-refractivity contribution < 1.29 is 72.2 Å². The quantitative estimate of drug-likeness (QED) is 0.0541. The number of benzene rings is 1. The molecule has 3 aliphatic heterocycles. The number of piperazine rings is 1. The van der Waals surface area contributed by atoms with Crippen molar-refractivity contribution in [2.24, 2.45) is 5.16 Å². The second kappa shape index (κ2) is 17.0. The number of β-lactam (4-membered cyclic amide) rings is 1. The minimum Gasteiger partial charge on any atom is -0.543 e. The van der Waals surface area contributed by atoms with Crippen LogP contribution in [0.3, 0.4) is 0 Å². The third-order valence-corrected chi connectivity index (χ3v) is 13.0. The van der Waals surface area contributed by atoms with Crippen LogP contribution in [0.5, 0.6) is 0 Å². The summed E-state index contributed by atoms with van der Waals surface area (Å²) in [7, 11) is 3.12. The van der Waals surface area contributed by atoms with Crippen LogP contribution in [-0.4, -0.2) is 114 Å². The normalized spacial score (nSPS) is 19.0. The number of likely N-dealkylation sites (N-methyl/N-ethyl adjacent to an activating group) is 1. The number of amides is 2. The SMILES string of the molecule is CCOC(=O)c1c(SCC2=C(C(=O)[O-])N3C(=O)[C@@H](NC(=O)/C(=N\OC)c4csc(N)n4)[C@@H]3SC2)sc2c(F)c(N3CCN(C)CC3)c(F)cc2c1=O.[Na+]. The van der Waals surface area contributed by atoms with Crippen molar-refractivity contribution in [2.45, 2.75) is 22.5 Å². The van der Waals surface area contributed by atoms with Crippen LogP contribution in [-0.2, 0) is 24.0 Å². The Kier molecular flexibility index (Phi) is 13.1. The van der Waals surface area contributed by atoms with Crippen LogP contribution >= 0.6 is 46.2 Å². The van der Waals surface area contributed by atoms with E-state index in [0.29, 0.717) is 26.2 Å². The van der Waals surface area contributed by atoms with E-state index in [0.717, 1.165) is 45.4 Å². The molecular formula is C31H30F2N7NaO8S4. The molecule has 2 aromatic heterocycles. The van der Waals surface area contributed by atoms with Crippen LogP contribution in [0.15, 0.2) is 36.9 Å². The molecule has 0 bridgehead atoms. The van der Waals surface area contributed by atoms with Gasteiger partial charge < -0.3 is 40.3 Å². The van der Waals surface area contributed by atoms with E-state index in [9.17, 15) is 29.1 Å². The number of ether oxygens (including phenoxy) is 1. The van der Waals surface area contributed by atoms with Crippen molar-refractivity contribution >= 4 is 96.6 Å². The first kappa shape index (κ1) is 40.9. The molecular weight excluding hydrogens is 788 g/mol. The number of aliphatic carboxylic acids is 1. The third-order valence-electron chi connectivity index (χ3n) is 8.39. The first-order valence-electron chi connectivity index (χ1n) is 15.6. The molecule has 3 aliphatic rings. The zero-order valence-electron chi connectivity index (χ0n) is 28.7. The Hall–Kier alpha value is -3.31. The van der Waals surface area contributed by atoms with E-state index in [-0.39, 0.29) is 89.8 Å².